The molecule has 1 saturated heterocycles. The van der Waals surface area contributed by atoms with Gasteiger partial charge < -0.3 is 15.5 Å². The molecule has 0 aliphatic carbocycles. The third-order valence-corrected chi connectivity index (χ3v) is 7.04. The minimum Gasteiger partial charge on any atom is -0.496 e. The number of likely N-dealkylation sites (tertiary alicyclic amines) is 1. The smallest absolute Gasteiger partial charge is 0.319 e. The summed E-state index contributed by atoms with van der Waals surface area (Å²) in [5.74, 6) is 0.983. The zero-order valence-corrected chi connectivity index (χ0v) is 19.7. The molecule has 2 amide bonds. The zero-order chi connectivity index (χ0) is 24.4. The number of carbonyl (C=O) groups is 2. The number of nitrogens with zero attached hydrogens (tertiary/aromatic N) is 2. The van der Waals surface area contributed by atoms with Gasteiger partial charge in [-0.05, 0) is 24.3 Å². The molecule has 178 valence electrons. The second-order valence-corrected chi connectivity index (χ2v) is 8.96. The lowest BCUT2D eigenvalue weighted by atomic mass is 9.98. The first-order chi connectivity index (χ1) is 17.0. The summed E-state index contributed by atoms with van der Waals surface area (Å²) in [5, 5.41) is 0. The minimum atomic E-state index is -0.617. The van der Waals surface area contributed by atoms with Crippen molar-refractivity contribution in [2.24, 2.45) is 5.73 Å². The van der Waals surface area contributed by atoms with Crippen LogP contribution in [0.5, 0.6) is 5.75 Å². The van der Waals surface area contributed by atoms with Crippen LogP contribution in [0.25, 0.3) is 22.2 Å². The standard InChI is InChI=1S/C28H28N4O3/c1-35-25-15-7-3-10-20(25)19-9-2-6-13-23(19)32(18-8-14-24(32)28(29)34)27(33)17-16-26-30-21-11-4-5-12-22(21)31-26/h2-7,9-13,15,24H,8,14,16-18H2,1H3,(H2-,29,30,31,34)/p+1/t24-,32?/m0/s1. The monoisotopic (exact) mass is 469 g/mol. The number of aromatic amines is 1. The number of nitrogens with one attached hydrogen (secondary N) is 1. The van der Waals surface area contributed by atoms with Crippen LogP contribution in [0, 0.1) is 0 Å². The maximum Gasteiger partial charge on any atom is 0.319 e. The van der Waals surface area contributed by atoms with Crippen molar-refractivity contribution in [1.29, 1.82) is 0 Å². The van der Waals surface area contributed by atoms with Crippen LogP contribution >= 0.6 is 0 Å². The van der Waals surface area contributed by atoms with Crippen molar-refractivity contribution in [3.05, 3.63) is 78.6 Å². The highest BCUT2D eigenvalue weighted by atomic mass is 16.5. The first kappa shape index (κ1) is 22.8. The lowest BCUT2D eigenvalue weighted by molar-refractivity contribution is -0.136. The van der Waals surface area contributed by atoms with E-state index in [-0.39, 0.29) is 16.8 Å². The Hall–Kier alpha value is -3.97. The highest BCUT2D eigenvalue weighted by Crippen LogP contribution is 2.44. The van der Waals surface area contributed by atoms with Crippen LogP contribution in [-0.4, -0.2) is 41.5 Å². The number of primary amides is 1. The predicted octanol–water partition coefficient (Wildman–Crippen LogP) is 4.35. The van der Waals surface area contributed by atoms with Crippen molar-refractivity contribution in [1.82, 2.24) is 14.5 Å². The van der Waals surface area contributed by atoms with Crippen molar-refractivity contribution < 1.29 is 14.3 Å². The average Bonchev–Trinajstić information content (AvgIpc) is 3.52. The second-order valence-electron chi connectivity index (χ2n) is 8.96. The first-order valence-corrected chi connectivity index (χ1v) is 11.9. The molecule has 0 radical (unpaired) electrons. The van der Waals surface area contributed by atoms with Gasteiger partial charge in [0, 0.05) is 36.5 Å². The number of ether oxygens (including phenoxy) is 1. The number of rotatable bonds is 7. The molecule has 0 saturated carbocycles. The first-order valence-electron chi connectivity index (χ1n) is 11.9. The molecule has 3 N–H and O–H groups in total. The molecule has 2 atom stereocenters. The summed E-state index contributed by atoms with van der Waals surface area (Å²) in [6.07, 6.45) is 2.01. The maximum atomic E-state index is 14.1. The van der Waals surface area contributed by atoms with E-state index >= 15 is 0 Å². The van der Waals surface area contributed by atoms with E-state index in [0.29, 0.717) is 25.1 Å². The molecule has 1 aliphatic rings. The molecule has 2 heterocycles. The molecule has 7 nitrogen and oxygen atoms in total. The molecule has 4 aromatic rings. The van der Waals surface area contributed by atoms with Gasteiger partial charge in [0.2, 0.25) is 0 Å². The third kappa shape index (κ3) is 3.98. The van der Waals surface area contributed by atoms with Gasteiger partial charge in [-0.25, -0.2) is 14.3 Å². The van der Waals surface area contributed by atoms with Crippen LogP contribution in [0.1, 0.15) is 25.1 Å². The van der Waals surface area contributed by atoms with Crippen molar-refractivity contribution >= 4 is 28.5 Å². The zero-order valence-electron chi connectivity index (χ0n) is 19.7. The Labute approximate surface area is 204 Å². The number of H-pyrrole nitrogens is 1. The van der Waals surface area contributed by atoms with Crippen molar-refractivity contribution in [3.63, 3.8) is 0 Å². The molecular weight excluding hydrogens is 440 g/mol. The van der Waals surface area contributed by atoms with Gasteiger partial charge in [0.1, 0.15) is 17.3 Å². The number of benzene rings is 3. The van der Waals surface area contributed by atoms with Gasteiger partial charge in [-0.15, -0.1) is 0 Å². The van der Waals surface area contributed by atoms with E-state index in [1.165, 1.54) is 0 Å². The van der Waals surface area contributed by atoms with Gasteiger partial charge >= 0.3 is 5.91 Å². The fraction of sp³-hybridized carbons (Fsp3) is 0.250. The van der Waals surface area contributed by atoms with Gasteiger partial charge in [0.25, 0.3) is 5.91 Å². The van der Waals surface area contributed by atoms with E-state index in [4.69, 9.17) is 10.5 Å². The van der Waals surface area contributed by atoms with Gasteiger partial charge in [-0.2, -0.15) is 0 Å². The number of aromatic nitrogens is 2. The van der Waals surface area contributed by atoms with E-state index in [1.54, 1.807) is 7.11 Å². The molecular formula is C28H29N4O3+. The Kier molecular flexibility index (Phi) is 6.09. The molecule has 0 bridgehead atoms. The number of hydrogen-bond donors (Lipinski definition) is 2. The molecule has 5 rings (SSSR count). The van der Waals surface area contributed by atoms with Crippen LogP contribution in [0.15, 0.2) is 72.8 Å². The van der Waals surface area contributed by atoms with Crippen molar-refractivity contribution in [3.8, 4) is 16.9 Å². The van der Waals surface area contributed by atoms with Crippen LogP contribution in [-0.2, 0) is 16.0 Å². The number of hydrogen-bond acceptors (Lipinski definition) is 4. The number of aryl methyl sites for hydroxylation is 1. The number of para-hydroxylation sites is 4. The van der Waals surface area contributed by atoms with Crippen LogP contribution in [0.4, 0.5) is 5.69 Å². The van der Waals surface area contributed by atoms with Crippen LogP contribution in [0.3, 0.4) is 0 Å². The SMILES string of the molecule is COc1ccccc1-c1ccccc1[N+]1(C(=O)CCc2nc3ccccc3[nH]2)CCC[C@H]1C(N)=O. The molecule has 35 heavy (non-hydrogen) atoms. The van der Waals surface area contributed by atoms with E-state index < -0.39 is 11.9 Å². The molecule has 1 unspecified atom stereocenters. The minimum absolute atomic E-state index is 0.0332. The van der Waals surface area contributed by atoms with Gasteiger partial charge in [-0.1, -0.05) is 42.5 Å². The summed E-state index contributed by atoms with van der Waals surface area (Å²) in [6.45, 7) is 0.527. The summed E-state index contributed by atoms with van der Waals surface area (Å²) in [4.78, 5) is 34.7. The number of nitrogens with two attached hydrogens (primary N) is 1. The molecule has 7 heteroatoms. The Balaban J connectivity index is 1.57. The van der Waals surface area contributed by atoms with Crippen molar-refractivity contribution in [2.75, 3.05) is 13.7 Å². The largest absolute Gasteiger partial charge is 0.496 e. The predicted molar refractivity (Wildman–Crippen MR) is 137 cm³/mol. The fourth-order valence-electron chi connectivity index (χ4n) is 5.46. The number of carbonyl (C=O) groups excluding carboxylic acids is 2. The summed E-state index contributed by atoms with van der Waals surface area (Å²) in [5.41, 5.74) is 10.2. The summed E-state index contributed by atoms with van der Waals surface area (Å²) in [7, 11) is 1.63. The van der Waals surface area contributed by atoms with Gasteiger partial charge in [0.05, 0.1) is 31.1 Å². The van der Waals surface area contributed by atoms with Crippen LogP contribution < -0.4 is 15.0 Å². The maximum absolute atomic E-state index is 14.1. The Bertz CT molecular complexity index is 1360. The number of imidazole rings is 1. The summed E-state index contributed by atoms with van der Waals surface area (Å²) in [6, 6.07) is 22.7. The van der Waals surface area contributed by atoms with E-state index in [1.807, 2.05) is 72.8 Å². The average molecular weight is 470 g/mol. The lowest BCUT2D eigenvalue weighted by Crippen LogP contribution is -2.62. The fourth-order valence-corrected chi connectivity index (χ4v) is 5.46. The van der Waals surface area contributed by atoms with Crippen molar-refractivity contribution in [2.45, 2.75) is 31.7 Å². The molecule has 1 aliphatic heterocycles. The second kappa shape index (κ2) is 9.35. The van der Waals surface area contributed by atoms with E-state index in [2.05, 4.69) is 9.97 Å². The Morgan fingerprint density at radius 1 is 1.03 bits per heavy atom. The quantitative estimate of drug-likeness (QED) is 0.393. The molecule has 1 fully saturated rings. The highest BCUT2D eigenvalue weighted by Gasteiger charge is 2.53. The Morgan fingerprint density at radius 2 is 1.74 bits per heavy atom. The van der Waals surface area contributed by atoms with Crippen LogP contribution in [0.2, 0.25) is 0 Å². The topological polar surface area (TPSA) is 98.1 Å². The van der Waals surface area contributed by atoms with Gasteiger partial charge in [0.15, 0.2) is 6.04 Å². The highest BCUT2D eigenvalue weighted by molar-refractivity contribution is 6.00. The molecule has 3 aromatic carbocycles. The number of methoxy groups -OCH3 is 1. The van der Waals surface area contributed by atoms with E-state index in [0.717, 1.165) is 40.1 Å². The lowest BCUT2D eigenvalue weighted by Gasteiger charge is -2.37. The van der Waals surface area contributed by atoms with E-state index in [9.17, 15) is 9.59 Å². The normalized spacial score (nSPS) is 19.6. The molecule has 0 spiro atoms. The molecule has 1 aromatic heterocycles. The summed E-state index contributed by atoms with van der Waals surface area (Å²) >= 11 is 0. The number of fused-ring (bicyclic) bond motifs is 1. The third-order valence-electron chi connectivity index (χ3n) is 7.04. The van der Waals surface area contributed by atoms with Gasteiger partial charge in [-0.3, -0.25) is 4.79 Å². The number of quaternary nitrogens is 1. The summed E-state index contributed by atoms with van der Waals surface area (Å²) < 4.78 is 5.54. The Morgan fingerprint density at radius 3 is 2.51 bits per heavy atom. The number of amides is 2.